The van der Waals surface area contributed by atoms with Gasteiger partial charge in [0.15, 0.2) is 4.67 Å². The highest BCUT2D eigenvalue weighted by molar-refractivity contribution is 9.10. The van der Waals surface area contributed by atoms with Gasteiger partial charge in [-0.15, -0.1) is 0 Å². The molecule has 4 N–H and O–H groups in total. The molecule has 0 radical (unpaired) electrons. The Kier molecular flexibility index (Phi) is 4.66. The average Bonchev–Trinajstić information content (AvgIpc) is 2.81. The van der Waals surface area contributed by atoms with Crippen LogP contribution < -0.4 is 15.8 Å². The summed E-state index contributed by atoms with van der Waals surface area (Å²) >= 11 is 3.12. The standard InChI is InChI=1S/C12H12BrN3O4S/c13-10-5-6-11(20-10)16-12(17)15-7-8-1-3-9(4-2-8)21(14,18)19/h1-6H,7H2,(H2,14,18,19)(H2,15,16,17). The average molecular weight is 374 g/mol. The third kappa shape index (κ3) is 4.59. The van der Waals surface area contributed by atoms with Crippen molar-refractivity contribution < 1.29 is 17.6 Å². The SMILES string of the molecule is NS(=O)(=O)c1ccc(CNC(=O)Nc2ccc(Br)o2)cc1. The lowest BCUT2D eigenvalue weighted by molar-refractivity contribution is 0.251. The molecular weight excluding hydrogens is 362 g/mol. The number of urea groups is 1. The number of primary sulfonamides is 1. The molecule has 0 fully saturated rings. The molecule has 1 heterocycles. The molecule has 21 heavy (non-hydrogen) atoms. The molecule has 0 spiro atoms. The molecular formula is C12H12BrN3O4S. The minimum atomic E-state index is -3.71. The van der Waals surface area contributed by atoms with Gasteiger partial charge in [-0.3, -0.25) is 5.32 Å². The lowest BCUT2D eigenvalue weighted by atomic mass is 10.2. The molecule has 0 saturated carbocycles. The number of hydrogen-bond donors (Lipinski definition) is 3. The van der Waals surface area contributed by atoms with Gasteiger partial charge in [-0.2, -0.15) is 0 Å². The summed E-state index contributed by atoms with van der Waals surface area (Å²) in [5.74, 6) is 0.309. The topological polar surface area (TPSA) is 114 Å². The van der Waals surface area contributed by atoms with Crippen molar-refractivity contribution in [2.45, 2.75) is 11.4 Å². The third-order valence-electron chi connectivity index (χ3n) is 2.51. The van der Waals surface area contributed by atoms with E-state index in [0.29, 0.717) is 10.6 Å². The van der Waals surface area contributed by atoms with Gasteiger partial charge in [0.1, 0.15) is 0 Å². The molecule has 1 aromatic carbocycles. The molecule has 112 valence electrons. The number of halogens is 1. The Balaban J connectivity index is 1.89. The molecule has 9 heteroatoms. The predicted octanol–water partition coefficient (Wildman–Crippen LogP) is 2.01. The highest BCUT2D eigenvalue weighted by atomic mass is 79.9. The normalized spacial score (nSPS) is 11.1. The van der Waals surface area contributed by atoms with Gasteiger partial charge in [-0.25, -0.2) is 18.4 Å². The van der Waals surface area contributed by atoms with Crippen molar-refractivity contribution in [2.24, 2.45) is 5.14 Å². The van der Waals surface area contributed by atoms with Gasteiger partial charge in [-0.1, -0.05) is 12.1 Å². The zero-order chi connectivity index (χ0) is 15.5. The first-order valence-corrected chi connectivity index (χ1v) is 8.10. The Morgan fingerprint density at radius 3 is 2.38 bits per heavy atom. The molecule has 0 aliphatic rings. The Morgan fingerprint density at radius 2 is 1.86 bits per heavy atom. The van der Waals surface area contributed by atoms with E-state index in [1.807, 2.05) is 0 Å². The number of amides is 2. The van der Waals surface area contributed by atoms with Crippen LogP contribution in [0.15, 0.2) is 50.4 Å². The number of rotatable bonds is 4. The second kappa shape index (κ2) is 6.29. The van der Waals surface area contributed by atoms with Crippen LogP contribution in [-0.2, 0) is 16.6 Å². The van der Waals surface area contributed by atoms with Crippen molar-refractivity contribution in [1.82, 2.24) is 5.32 Å². The smallest absolute Gasteiger partial charge is 0.321 e. The van der Waals surface area contributed by atoms with Crippen LogP contribution in [0.3, 0.4) is 0 Å². The number of sulfonamides is 1. The van der Waals surface area contributed by atoms with Gasteiger partial charge in [0.25, 0.3) is 0 Å². The van der Waals surface area contributed by atoms with Crippen molar-refractivity contribution in [3.8, 4) is 0 Å². The van der Waals surface area contributed by atoms with Crippen LogP contribution >= 0.6 is 15.9 Å². The second-order valence-electron chi connectivity index (χ2n) is 4.10. The van der Waals surface area contributed by atoms with Crippen LogP contribution in [0.1, 0.15) is 5.56 Å². The second-order valence-corrected chi connectivity index (χ2v) is 6.44. The summed E-state index contributed by atoms with van der Waals surface area (Å²) in [6.07, 6.45) is 0. The highest BCUT2D eigenvalue weighted by Crippen LogP contribution is 2.18. The number of furan rings is 1. The van der Waals surface area contributed by atoms with E-state index in [0.717, 1.165) is 5.56 Å². The summed E-state index contributed by atoms with van der Waals surface area (Å²) in [5, 5.41) is 10.1. The number of anilines is 1. The zero-order valence-corrected chi connectivity index (χ0v) is 13.1. The van der Waals surface area contributed by atoms with Gasteiger partial charge in [0.2, 0.25) is 15.9 Å². The molecule has 2 amide bonds. The third-order valence-corrected chi connectivity index (χ3v) is 3.87. The van der Waals surface area contributed by atoms with Crippen molar-refractivity contribution in [3.63, 3.8) is 0 Å². The summed E-state index contributed by atoms with van der Waals surface area (Å²) < 4.78 is 27.8. The highest BCUT2D eigenvalue weighted by Gasteiger charge is 2.08. The van der Waals surface area contributed by atoms with Crippen molar-refractivity contribution in [3.05, 3.63) is 46.6 Å². The summed E-state index contributed by atoms with van der Waals surface area (Å²) in [4.78, 5) is 11.6. The van der Waals surface area contributed by atoms with E-state index in [-0.39, 0.29) is 11.4 Å². The number of benzene rings is 1. The molecule has 0 unspecified atom stereocenters. The number of nitrogens with two attached hydrogens (primary N) is 1. The van der Waals surface area contributed by atoms with Crippen molar-refractivity contribution >= 4 is 37.9 Å². The lowest BCUT2D eigenvalue weighted by Gasteiger charge is -2.06. The molecule has 0 aliphatic heterocycles. The van der Waals surface area contributed by atoms with Crippen LogP contribution in [0.5, 0.6) is 0 Å². The van der Waals surface area contributed by atoms with Crippen LogP contribution in [0.4, 0.5) is 10.7 Å². The van der Waals surface area contributed by atoms with Gasteiger partial charge < -0.3 is 9.73 Å². The van der Waals surface area contributed by atoms with E-state index in [1.54, 1.807) is 24.3 Å². The minimum absolute atomic E-state index is 0.0242. The van der Waals surface area contributed by atoms with Gasteiger partial charge in [0, 0.05) is 12.6 Å². The van der Waals surface area contributed by atoms with Crippen LogP contribution in [0, 0.1) is 0 Å². The molecule has 2 rings (SSSR count). The van der Waals surface area contributed by atoms with E-state index in [4.69, 9.17) is 9.56 Å². The van der Waals surface area contributed by atoms with E-state index >= 15 is 0 Å². The molecule has 0 bridgehead atoms. The lowest BCUT2D eigenvalue weighted by Crippen LogP contribution is -2.28. The van der Waals surface area contributed by atoms with Gasteiger partial charge >= 0.3 is 6.03 Å². The summed E-state index contributed by atoms with van der Waals surface area (Å²) in [6.45, 7) is 0.235. The maximum Gasteiger partial charge on any atom is 0.321 e. The molecule has 0 saturated heterocycles. The number of hydrogen-bond acceptors (Lipinski definition) is 4. The van der Waals surface area contributed by atoms with Crippen LogP contribution in [0.2, 0.25) is 0 Å². The summed E-state index contributed by atoms with van der Waals surface area (Å²) in [5.41, 5.74) is 0.734. The zero-order valence-electron chi connectivity index (χ0n) is 10.7. The fourth-order valence-electron chi connectivity index (χ4n) is 1.52. The Bertz CT molecular complexity index is 740. The fourth-order valence-corrected chi connectivity index (χ4v) is 2.34. The summed E-state index contributed by atoms with van der Waals surface area (Å²) in [6, 6.07) is 8.73. The van der Waals surface area contributed by atoms with Gasteiger partial charge in [-0.05, 0) is 39.7 Å². The maximum atomic E-state index is 11.6. The minimum Gasteiger partial charge on any atom is -0.434 e. The van der Waals surface area contributed by atoms with E-state index < -0.39 is 16.1 Å². The molecule has 0 aliphatic carbocycles. The van der Waals surface area contributed by atoms with Gasteiger partial charge in [0.05, 0.1) is 4.90 Å². The van der Waals surface area contributed by atoms with E-state index in [2.05, 4.69) is 26.6 Å². The molecule has 7 nitrogen and oxygen atoms in total. The number of carbonyl (C=O) groups excluding carboxylic acids is 1. The number of nitrogens with one attached hydrogen (secondary N) is 2. The Hall–Kier alpha value is -1.84. The van der Waals surface area contributed by atoms with Crippen LogP contribution in [0.25, 0.3) is 0 Å². The molecule has 1 aromatic heterocycles. The molecule has 2 aromatic rings. The largest absolute Gasteiger partial charge is 0.434 e. The van der Waals surface area contributed by atoms with Crippen LogP contribution in [-0.4, -0.2) is 14.4 Å². The monoisotopic (exact) mass is 373 g/mol. The first-order chi connectivity index (χ1) is 9.84. The first kappa shape index (κ1) is 15.5. The summed E-state index contributed by atoms with van der Waals surface area (Å²) in [7, 11) is -3.71. The molecule has 0 atom stereocenters. The van der Waals surface area contributed by atoms with E-state index in [9.17, 15) is 13.2 Å². The fraction of sp³-hybridized carbons (Fsp3) is 0.0833. The Morgan fingerprint density at radius 1 is 1.19 bits per heavy atom. The van der Waals surface area contributed by atoms with E-state index in [1.165, 1.54) is 12.1 Å². The number of carbonyl (C=O) groups is 1. The Labute approximate surface area is 129 Å². The van der Waals surface area contributed by atoms with Crippen molar-refractivity contribution in [2.75, 3.05) is 5.32 Å². The maximum absolute atomic E-state index is 11.6. The van der Waals surface area contributed by atoms with Crippen molar-refractivity contribution in [1.29, 1.82) is 0 Å². The first-order valence-electron chi connectivity index (χ1n) is 5.76. The quantitative estimate of drug-likeness (QED) is 0.759. The predicted molar refractivity (Wildman–Crippen MR) is 80.1 cm³/mol.